The van der Waals surface area contributed by atoms with Gasteiger partial charge in [0, 0.05) is 58.3 Å². The van der Waals surface area contributed by atoms with Gasteiger partial charge in [-0.3, -0.25) is 4.79 Å². The Balaban J connectivity index is 1.43. The molecule has 0 spiro atoms. The van der Waals surface area contributed by atoms with Crippen molar-refractivity contribution in [3.63, 3.8) is 0 Å². The molecule has 1 aromatic heterocycles. The van der Waals surface area contributed by atoms with Crippen molar-refractivity contribution in [1.82, 2.24) is 19.8 Å². The van der Waals surface area contributed by atoms with Gasteiger partial charge in [-0.25, -0.2) is 14.8 Å². The van der Waals surface area contributed by atoms with Gasteiger partial charge in [0.2, 0.25) is 5.91 Å². The lowest BCUT2D eigenvalue weighted by Gasteiger charge is -2.36. The zero-order valence-electron chi connectivity index (χ0n) is 20.0. The summed E-state index contributed by atoms with van der Waals surface area (Å²) in [6.07, 6.45) is 4.99. The first-order valence-electron chi connectivity index (χ1n) is 11.8. The number of piperazine rings is 1. The SMILES string of the molecule is CCNc1cc(N2CCCC(CCC(=O)N3CCN(C(=O)OC(C)(C)C)CC3)C2)ncn1. The second-order valence-electron chi connectivity index (χ2n) is 9.63. The Kier molecular flexibility index (Phi) is 8.15. The molecule has 2 amide bonds. The van der Waals surface area contributed by atoms with Crippen LogP contribution in [0, 0.1) is 5.92 Å². The molecule has 178 valence electrons. The van der Waals surface area contributed by atoms with Gasteiger partial charge < -0.3 is 24.8 Å². The number of amides is 2. The Morgan fingerprint density at radius 3 is 2.53 bits per heavy atom. The van der Waals surface area contributed by atoms with E-state index in [4.69, 9.17) is 4.74 Å². The lowest BCUT2D eigenvalue weighted by molar-refractivity contribution is -0.133. The molecule has 2 aliphatic rings. The minimum atomic E-state index is -0.502. The van der Waals surface area contributed by atoms with E-state index in [1.807, 2.05) is 38.7 Å². The highest BCUT2D eigenvalue weighted by Gasteiger charge is 2.28. The number of hydrogen-bond acceptors (Lipinski definition) is 7. The Hall–Kier alpha value is -2.58. The van der Waals surface area contributed by atoms with Crippen molar-refractivity contribution in [3.8, 4) is 0 Å². The van der Waals surface area contributed by atoms with Crippen LogP contribution in [0.15, 0.2) is 12.4 Å². The monoisotopic (exact) mass is 446 g/mol. The van der Waals surface area contributed by atoms with E-state index in [0.29, 0.717) is 38.5 Å². The predicted octanol–water partition coefficient (Wildman–Crippen LogP) is 2.98. The number of ether oxygens (including phenoxy) is 1. The lowest BCUT2D eigenvalue weighted by atomic mass is 9.93. The van der Waals surface area contributed by atoms with Gasteiger partial charge in [-0.15, -0.1) is 0 Å². The van der Waals surface area contributed by atoms with Crippen LogP contribution in [-0.4, -0.2) is 83.2 Å². The molecule has 0 saturated carbocycles. The zero-order chi connectivity index (χ0) is 23.1. The zero-order valence-corrected chi connectivity index (χ0v) is 20.0. The number of nitrogens with one attached hydrogen (secondary N) is 1. The van der Waals surface area contributed by atoms with E-state index in [9.17, 15) is 9.59 Å². The summed E-state index contributed by atoms with van der Waals surface area (Å²) in [5, 5.41) is 3.24. The van der Waals surface area contributed by atoms with Crippen LogP contribution in [0.5, 0.6) is 0 Å². The molecule has 2 fully saturated rings. The maximum Gasteiger partial charge on any atom is 0.410 e. The summed E-state index contributed by atoms with van der Waals surface area (Å²) in [4.78, 5) is 39.6. The molecule has 0 bridgehead atoms. The summed E-state index contributed by atoms with van der Waals surface area (Å²) in [5.74, 6) is 2.46. The van der Waals surface area contributed by atoms with Gasteiger partial charge in [0.1, 0.15) is 23.6 Å². The Labute approximate surface area is 191 Å². The van der Waals surface area contributed by atoms with E-state index in [-0.39, 0.29) is 12.0 Å². The van der Waals surface area contributed by atoms with Crippen molar-refractivity contribution in [2.45, 2.75) is 59.0 Å². The Morgan fingerprint density at radius 2 is 1.84 bits per heavy atom. The smallest absolute Gasteiger partial charge is 0.410 e. The maximum absolute atomic E-state index is 12.8. The van der Waals surface area contributed by atoms with Crippen LogP contribution in [0.2, 0.25) is 0 Å². The van der Waals surface area contributed by atoms with Crippen LogP contribution in [-0.2, 0) is 9.53 Å². The van der Waals surface area contributed by atoms with Gasteiger partial charge in [-0.2, -0.15) is 0 Å². The Bertz CT molecular complexity index is 773. The molecule has 0 aromatic carbocycles. The summed E-state index contributed by atoms with van der Waals surface area (Å²) < 4.78 is 5.43. The number of nitrogens with zero attached hydrogens (tertiary/aromatic N) is 5. The second kappa shape index (κ2) is 10.8. The minimum Gasteiger partial charge on any atom is -0.444 e. The molecule has 1 unspecified atom stereocenters. The molecule has 9 heteroatoms. The van der Waals surface area contributed by atoms with E-state index in [2.05, 4.69) is 20.2 Å². The topological polar surface area (TPSA) is 90.9 Å². The van der Waals surface area contributed by atoms with Crippen molar-refractivity contribution in [2.24, 2.45) is 5.92 Å². The van der Waals surface area contributed by atoms with E-state index < -0.39 is 5.60 Å². The molecule has 32 heavy (non-hydrogen) atoms. The molecule has 2 saturated heterocycles. The fourth-order valence-electron chi connectivity index (χ4n) is 4.26. The van der Waals surface area contributed by atoms with Gasteiger partial charge in [0.05, 0.1) is 0 Å². The highest BCUT2D eigenvalue weighted by molar-refractivity contribution is 5.76. The second-order valence-corrected chi connectivity index (χ2v) is 9.63. The first-order valence-corrected chi connectivity index (χ1v) is 11.8. The molecule has 1 N–H and O–H groups in total. The summed E-state index contributed by atoms with van der Waals surface area (Å²) in [6, 6.07) is 2.00. The molecular formula is C23H38N6O3. The van der Waals surface area contributed by atoms with Crippen molar-refractivity contribution in [2.75, 3.05) is 56.0 Å². The number of anilines is 2. The van der Waals surface area contributed by atoms with Crippen LogP contribution in [0.3, 0.4) is 0 Å². The molecule has 1 atom stereocenters. The normalized spacial score (nSPS) is 19.6. The molecular weight excluding hydrogens is 408 g/mol. The Morgan fingerprint density at radius 1 is 1.12 bits per heavy atom. The molecule has 1 aromatic rings. The predicted molar refractivity (Wildman–Crippen MR) is 125 cm³/mol. The van der Waals surface area contributed by atoms with Gasteiger partial charge in [-0.1, -0.05) is 0 Å². The highest BCUT2D eigenvalue weighted by Crippen LogP contribution is 2.26. The van der Waals surface area contributed by atoms with Gasteiger partial charge in [0.25, 0.3) is 0 Å². The highest BCUT2D eigenvalue weighted by atomic mass is 16.6. The lowest BCUT2D eigenvalue weighted by Crippen LogP contribution is -2.51. The quantitative estimate of drug-likeness (QED) is 0.718. The average Bonchev–Trinajstić information content (AvgIpc) is 2.77. The maximum atomic E-state index is 12.8. The van der Waals surface area contributed by atoms with Crippen molar-refractivity contribution < 1.29 is 14.3 Å². The fourth-order valence-corrected chi connectivity index (χ4v) is 4.26. The third-order valence-corrected chi connectivity index (χ3v) is 5.90. The minimum absolute atomic E-state index is 0.183. The summed E-state index contributed by atoms with van der Waals surface area (Å²) in [7, 11) is 0. The molecule has 3 rings (SSSR count). The van der Waals surface area contributed by atoms with E-state index in [0.717, 1.165) is 50.5 Å². The summed E-state index contributed by atoms with van der Waals surface area (Å²) in [5.41, 5.74) is -0.502. The molecule has 0 aliphatic carbocycles. The standard InChI is InChI=1S/C23H38N6O3/c1-5-24-19-15-20(26-17-25-19)29-10-6-7-18(16-29)8-9-21(30)27-11-13-28(14-12-27)22(31)32-23(2,3)4/h15,17-18H,5-14,16H2,1-4H3,(H,24,25,26). The number of carbonyl (C=O) groups is 2. The molecule has 0 radical (unpaired) electrons. The number of carbonyl (C=O) groups excluding carboxylic acids is 2. The number of piperidine rings is 1. The number of hydrogen-bond donors (Lipinski definition) is 1. The summed E-state index contributed by atoms with van der Waals surface area (Å²) >= 11 is 0. The summed E-state index contributed by atoms with van der Waals surface area (Å²) in [6.45, 7) is 12.6. The van der Waals surface area contributed by atoms with Crippen LogP contribution >= 0.6 is 0 Å². The van der Waals surface area contributed by atoms with E-state index in [1.54, 1.807) is 11.2 Å². The first-order chi connectivity index (χ1) is 15.2. The van der Waals surface area contributed by atoms with E-state index >= 15 is 0 Å². The fraction of sp³-hybridized carbons (Fsp3) is 0.739. The third-order valence-electron chi connectivity index (χ3n) is 5.90. The van der Waals surface area contributed by atoms with Crippen molar-refractivity contribution in [1.29, 1.82) is 0 Å². The van der Waals surface area contributed by atoms with Crippen molar-refractivity contribution >= 4 is 23.6 Å². The van der Waals surface area contributed by atoms with E-state index in [1.165, 1.54) is 0 Å². The molecule has 9 nitrogen and oxygen atoms in total. The molecule has 2 aliphatic heterocycles. The third kappa shape index (κ3) is 6.97. The van der Waals surface area contributed by atoms with Crippen LogP contribution in [0.4, 0.5) is 16.4 Å². The molecule has 3 heterocycles. The van der Waals surface area contributed by atoms with Gasteiger partial charge in [-0.05, 0) is 52.9 Å². The first kappa shape index (κ1) is 24.1. The largest absolute Gasteiger partial charge is 0.444 e. The van der Waals surface area contributed by atoms with Crippen molar-refractivity contribution in [3.05, 3.63) is 12.4 Å². The number of rotatable bonds is 6. The van der Waals surface area contributed by atoms with Gasteiger partial charge in [0.15, 0.2) is 0 Å². The van der Waals surface area contributed by atoms with Gasteiger partial charge >= 0.3 is 6.09 Å². The van der Waals surface area contributed by atoms with Crippen LogP contribution < -0.4 is 10.2 Å². The van der Waals surface area contributed by atoms with Crippen LogP contribution in [0.1, 0.15) is 53.4 Å². The van der Waals surface area contributed by atoms with Crippen LogP contribution in [0.25, 0.3) is 0 Å². The number of aromatic nitrogens is 2. The average molecular weight is 447 g/mol.